The Labute approximate surface area is 106 Å². The van der Waals surface area contributed by atoms with Gasteiger partial charge in [-0.1, -0.05) is 47.6 Å². The Morgan fingerprint density at radius 2 is 1.35 bits per heavy atom. The second-order valence-electron chi connectivity index (χ2n) is 7.09. The molecule has 0 unspecified atom stereocenters. The summed E-state index contributed by atoms with van der Waals surface area (Å²) in [6.07, 6.45) is 0. The first kappa shape index (κ1) is 14.1. The quantitative estimate of drug-likeness (QED) is 0.695. The Kier molecular flexibility index (Phi) is 3.35. The van der Waals surface area contributed by atoms with Crippen LogP contribution in [-0.2, 0) is 10.8 Å². The molecule has 17 heavy (non-hydrogen) atoms. The first-order chi connectivity index (χ1) is 7.46. The van der Waals surface area contributed by atoms with Crippen LogP contribution in [-0.4, -0.2) is 5.11 Å². The third kappa shape index (κ3) is 2.65. The molecule has 0 radical (unpaired) electrons. The van der Waals surface area contributed by atoms with Gasteiger partial charge >= 0.3 is 0 Å². The average Bonchev–Trinajstić information content (AvgIpc) is 2.09. The zero-order valence-corrected chi connectivity index (χ0v) is 12.5. The molecule has 96 valence electrons. The Balaban J connectivity index is 3.71. The Morgan fingerprint density at radius 1 is 0.882 bits per heavy atom. The lowest BCUT2D eigenvalue weighted by Gasteiger charge is -2.32. The predicted molar refractivity (Wildman–Crippen MR) is 75.0 cm³/mol. The minimum Gasteiger partial charge on any atom is -0.507 e. The molecule has 1 rings (SSSR count). The van der Waals surface area contributed by atoms with Crippen molar-refractivity contribution in [2.24, 2.45) is 0 Å². The molecule has 1 aromatic rings. The monoisotopic (exact) mass is 234 g/mol. The maximum atomic E-state index is 10.1. The number of aryl methyl sites for hydroxylation is 1. The SMILES string of the molecule is Cc1cc(C(C)(C)C)c(C(C)(C)C)c(C)c1O. The number of phenolic OH excluding ortho intramolecular Hbond substituents is 1. The number of hydrogen-bond donors (Lipinski definition) is 1. The minimum absolute atomic E-state index is 0.0534. The van der Waals surface area contributed by atoms with E-state index in [0.717, 1.165) is 11.1 Å². The number of aromatic hydroxyl groups is 1. The van der Waals surface area contributed by atoms with Gasteiger partial charge < -0.3 is 5.11 Å². The third-order valence-corrected chi connectivity index (χ3v) is 3.29. The molecule has 0 saturated heterocycles. The van der Waals surface area contributed by atoms with E-state index in [1.807, 2.05) is 13.8 Å². The summed E-state index contributed by atoms with van der Waals surface area (Å²) in [5, 5.41) is 10.1. The molecule has 0 spiro atoms. The van der Waals surface area contributed by atoms with Crippen LogP contribution in [0.2, 0.25) is 0 Å². The van der Waals surface area contributed by atoms with Crippen molar-refractivity contribution in [2.45, 2.75) is 66.2 Å². The van der Waals surface area contributed by atoms with Gasteiger partial charge in [0.2, 0.25) is 0 Å². The highest BCUT2D eigenvalue weighted by Gasteiger charge is 2.28. The van der Waals surface area contributed by atoms with Crippen molar-refractivity contribution >= 4 is 0 Å². The highest BCUT2D eigenvalue weighted by atomic mass is 16.3. The molecule has 0 aliphatic carbocycles. The zero-order valence-electron chi connectivity index (χ0n) is 12.5. The van der Waals surface area contributed by atoms with Crippen molar-refractivity contribution in [3.8, 4) is 5.75 Å². The summed E-state index contributed by atoms with van der Waals surface area (Å²) in [5.74, 6) is 0.447. The molecule has 1 aromatic carbocycles. The molecule has 0 bridgehead atoms. The Hall–Kier alpha value is -0.980. The van der Waals surface area contributed by atoms with Gasteiger partial charge in [0, 0.05) is 0 Å². The topological polar surface area (TPSA) is 20.2 Å². The van der Waals surface area contributed by atoms with Crippen LogP contribution in [0.1, 0.15) is 63.8 Å². The molecule has 0 aromatic heterocycles. The molecular formula is C16H26O. The number of rotatable bonds is 0. The highest BCUT2D eigenvalue weighted by Crippen LogP contribution is 2.40. The molecule has 0 saturated carbocycles. The van der Waals surface area contributed by atoms with E-state index in [-0.39, 0.29) is 10.8 Å². The van der Waals surface area contributed by atoms with Crippen LogP contribution in [0.3, 0.4) is 0 Å². The fourth-order valence-electron chi connectivity index (χ4n) is 2.53. The first-order valence-corrected chi connectivity index (χ1v) is 6.30. The smallest absolute Gasteiger partial charge is 0.121 e. The van der Waals surface area contributed by atoms with Gasteiger partial charge in [0.15, 0.2) is 0 Å². The van der Waals surface area contributed by atoms with E-state index >= 15 is 0 Å². The summed E-state index contributed by atoms with van der Waals surface area (Å²) in [5.41, 5.74) is 4.79. The first-order valence-electron chi connectivity index (χ1n) is 6.30. The van der Waals surface area contributed by atoms with Gasteiger partial charge in [-0.15, -0.1) is 0 Å². The average molecular weight is 234 g/mol. The number of hydrogen-bond acceptors (Lipinski definition) is 1. The van der Waals surface area contributed by atoms with Crippen LogP contribution >= 0.6 is 0 Å². The molecule has 0 atom stereocenters. The maximum absolute atomic E-state index is 10.1. The van der Waals surface area contributed by atoms with Crippen molar-refractivity contribution in [3.63, 3.8) is 0 Å². The van der Waals surface area contributed by atoms with Crippen LogP contribution in [0.15, 0.2) is 6.07 Å². The standard InChI is InChI=1S/C16H26O/c1-10-9-12(15(3,4)5)13(16(6,7)8)11(2)14(10)17/h9,17H,1-8H3. The lowest BCUT2D eigenvalue weighted by molar-refractivity contribution is 0.456. The Morgan fingerprint density at radius 3 is 1.71 bits per heavy atom. The molecular weight excluding hydrogens is 208 g/mol. The summed E-state index contributed by atoms with van der Waals surface area (Å²) in [7, 11) is 0. The maximum Gasteiger partial charge on any atom is 0.121 e. The van der Waals surface area contributed by atoms with E-state index in [4.69, 9.17) is 0 Å². The lowest BCUT2D eigenvalue weighted by atomic mass is 9.72. The molecule has 1 heteroatoms. The second-order valence-corrected chi connectivity index (χ2v) is 7.09. The molecule has 0 heterocycles. The third-order valence-electron chi connectivity index (χ3n) is 3.29. The van der Waals surface area contributed by atoms with Crippen LogP contribution in [0, 0.1) is 13.8 Å². The van der Waals surface area contributed by atoms with E-state index in [0.29, 0.717) is 5.75 Å². The van der Waals surface area contributed by atoms with Crippen LogP contribution < -0.4 is 0 Å². The largest absolute Gasteiger partial charge is 0.507 e. The lowest BCUT2D eigenvalue weighted by Crippen LogP contribution is -2.23. The molecule has 0 amide bonds. The van der Waals surface area contributed by atoms with Gasteiger partial charge in [-0.05, 0) is 46.9 Å². The van der Waals surface area contributed by atoms with Crippen LogP contribution in [0.5, 0.6) is 5.75 Å². The predicted octanol–water partition coefficient (Wildman–Crippen LogP) is 4.60. The second kappa shape index (κ2) is 4.04. The van der Waals surface area contributed by atoms with Crippen molar-refractivity contribution in [2.75, 3.05) is 0 Å². The van der Waals surface area contributed by atoms with Crippen LogP contribution in [0.25, 0.3) is 0 Å². The molecule has 0 fully saturated rings. The summed E-state index contributed by atoms with van der Waals surface area (Å²) < 4.78 is 0. The van der Waals surface area contributed by atoms with Gasteiger partial charge in [-0.3, -0.25) is 0 Å². The van der Waals surface area contributed by atoms with Gasteiger partial charge in [-0.25, -0.2) is 0 Å². The van der Waals surface area contributed by atoms with E-state index in [2.05, 4.69) is 47.6 Å². The van der Waals surface area contributed by atoms with Crippen molar-refractivity contribution in [1.29, 1.82) is 0 Å². The van der Waals surface area contributed by atoms with Crippen molar-refractivity contribution < 1.29 is 5.11 Å². The zero-order chi connectivity index (χ0) is 13.6. The fraction of sp³-hybridized carbons (Fsp3) is 0.625. The minimum atomic E-state index is 0.0534. The van der Waals surface area contributed by atoms with Gasteiger partial charge in [0.25, 0.3) is 0 Å². The Bertz CT molecular complexity index is 428. The van der Waals surface area contributed by atoms with Gasteiger partial charge in [0.1, 0.15) is 5.75 Å². The van der Waals surface area contributed by atoms with Crippen molar-refractivity contribution in [1.82, 2.24) is 0 Å². The van der Waals surface area contributed by atoms with Gasteiger partial charge in [0.05, 0.1) is 0 Å². The van der Waals surface area contributed by atoms with Crippen LogP contribution in [0.4, 0.5) is 0 Å². The molecule has 1 N–H and O–H groups in total. The van der Waals surface area contributed by atoms with Gasteiger partial charge in [-0.2, -0.15) is 0 Å². The van der Waals surface area contributed by atoms with E-state index < -0.39 is 0 Å². The molecule has 0 aliphatic heterocycles. The number of phenols is 1. The molecule has 0 aliphatic rings. The summed E-state index contributed by atoms with van der Waals surface area (Å²) in [6.45, 7) is 17.3. The summed E-state index contributed by atoms with van der Waals surface area (Å²) in [6, 6.07) is 2.14. The normalized spacial score (nSPS) is 12.9. The van der Waals surface area contributed by atoms with E-state index in [9.17, 15) is 5.11 Å². The summed E-state index contributed by atoms with van der Waals surface area (Å²) >= 11 is 0. The highest BCUT2D eigenvalue weighted by molar-refractivity contribution is 5.53. The fourth-order valence-corrected chi connectivity index (χ4v) is 2.53. The van der Waals surface area contributed by atoms with E-state index in [1.165, 1.54) is 11.1 Å². The molecule has 1 nitrogen and oxygen atoms in total. The number of benzene rings is 1. The van der Waals surface area contributed by atoms with E-state index in [1.54, 1.807) is 0 Å². The van der Waals surface area contributed by atoms with Crippen molar-refractivity contribution in [3.05, 3.63) is 28.3 Å². The summed E-state index contributed by atoms with van der Waals surface area (Å²) in [4.78, 5) is 0.